The van der Waals surface area contributed by atoms with Crippen LogP contribution in [-0.2, 0) is 18.7 Å². The van der Waals surface area contributed by atoms with Gasteiger partial charge >= 0.3 is 0 Å². The Morgan fingerprint density at radius 1 is 1.13 bits per heavy atom. The fourth-order valence-corrected chi connectivity index (χ4v) is 4.18. The van der Waals surface area contributed by atoms with Crippen molar-refractivity contribution in [2.45, 2.75) is 44.6 Å². The van der Waals surface area contributed by atoms with Crippen LogP contribution in [0.5, 0.6) is 0 Å². The fourth-order valence-electron chi connectivity index (χ4n) is 2.41. The number of thiophene rings is 1. The van der Waals surface area contributed by atoms with Crippen molar-refractivity contribution in [1.82, 2.24) is 14.8 Å². The van der Waals surface area contributed by atoms with Crippen molar-refractivity contribution >= 4 is 23.1 Å². The third-order valence-electron chi connectivity index (χ3n) is 3.78. The molecule has 23 heavy (non-hydrogen) atoms. The summed E-state index contributed by atoms with van der Waals surface area (Å²) in [5.41, 5.74) is 3.79. The quantitative estimate of drug-likeness (QED) is 0.577. The van der Waals surface area contributed by atoms with Gasteiger partial charge in [-0.3, -0.25) is 0 Å². The van der Waals surface area contributed by atoms with E-state index in [0.29, 0.717) is 0 Å². The van der Waals surface area contributed by atoms with E-state index in [2.05, 4.69) is 71.2 Å². The van der Waals surface area contributed by atoms with Gasteiger partial charge in [0.2, 0.25) is 0 Å². The summed E-state index contributed by atoms with van der Waals surface area (Å²) >= 11 is 3.55. The maximum atomic E-state index is 4.43. The number of hydrogen-bond donors (Lipinski definition) is 0. The highest BCUT2D eigenvalue weighted by Crippen LogP contribution is 2.29. The standard InChI is InChI=1S/C18H21N3S2/c1-4-16-10-15(12-22-16)17-19-20-18(21(17)5-2)23-11-14-8-6-13(3)7-9-14/h6-10,12H,4-5,11H2,1-3H3. The highest BCUT2D eigenvalue weighted by atomic mass is 32.2. The van der Waals surface area contributed by atoms with Crippen LogP contribution >= 0.6 is 23.1 Å². The van der Waals surface area contributed by atoms with Crippen molar-refractivity contribution in [3.63, 3.8) is 0 Å². The van der Waals surface area contributed by atoms with E-state index in [0.717, 1.165) is 29.7 Å². The predicted molar refractivity (Wildman–Crippen MR) is 99.1 cm³/mol. The lowest BCUT2D eigenvalue weighted by atomic mass is 10.2. The molecule has 2 aromatic heterocycles. The van der Waals surface area contributed by atoms with Gasteiger partial charge in [0.15, 0.2) is 11.0 Å². The smallest absolute Gasteiger partial charge is 0.191 e. The van der Waals surface area contributed by atoms with Crippen molar-refractivity contribution in [2.24, 2.45) is 0 Å². The molecule has 0 atom stereocenters. The van der Waals surface area contributed by atoms with Crippen LogP contribution < -0.4 is 0 Å². The molecule has 0 saturated carbocycles. The molecule has 1 aromatic carbocycles. The molecule has 0 saturated heterocycles. The number of aryl methyl sites for hydroxylation is 2. The maximum Gasteiger partial charge on any atom is 0.191 e. The molecule has 0 amide bonds. The number of nitrogens with zero attached hydrogens (tertiary/aromatic N) is 3. The van der Waals surface area contributed by atoms with Gasteiger partial charge in [-0.15, -0.1) is 21.5 Å². The monoisotopic (exact) mass is 343 g/mol. The summed E-state index contributed by atoms with van der Waals surface area (Å²) in [6.45, 7) is 7.33. The second kappa shape index (κ2) is 7.32. The number of aromatic nitrogens is 3. The Morgan fingerprint density at radius 3 is 2.57 bits per heavy atom. The first-order valence-corrected chi connectivity index (χ1v) is 9.77. The number of benzene rings is 1. The molecule has 120 valence electrons. The largest absolute Gasteiger partial charge is 0.302 e. The van der Waals surface area contributed by atoms with E-state index in [1.165, 1.54) is 21.6 Å². The van der Waals surface area contributed by atoms with Crippen LogP contribution in [0, 0.1) is 6.92 Å². The zero-order valence-electron chi connectivity index (χ0n) is 13.7. The van der Waals surface area contributed by atoms with Crippen LogP contribution in [0.1, 0.15) is 29.9 Å². The Bertz CT molecular complexity index is 772. The fraction of sp³-hybridized carbons (Fsp3) is 0.333. The van der Waals surface area contributed by atoms with Gasteiger partial charge in [-0.05, 0) is 31.9 Å². The predicted octanol–water partition coefficient (Wildman–Crippen LogP) is 5.19. The van der Waals surface area contributed by atoms with Crippen LogP contribution in [-0.4, -0.2) is 14.8 Å². The van der Waals surface area contributed by atoms with Gasteiger partial charge in [0, 0.05) is 28.1 Å². The molecule has 3 aromatic rings. The summed E-state index contributed by atoms with van der Waals surface area (Å²) in [5, 5.41) is 12.0. The third kappa shape index (κ3) is 3.67. The molecule has 0 aliphatic rings. The van der Waals surface area contributed by atoms with E-state index >= 15 is 0 Å². The van der Waals surface area contributed by atoms with Gasteiger partial charge in [0.1, 0.15) is 0 Å². The first-order valence-electron chi connectivity index (χ1n) is 7.90. The highest BCUT2D eigenvalue weighted by molar-refractivity contribution is 7.98. The van der Waals surface area contributed by atoms with E-state index in [4.69, 9.17) is 0 Å². The Hall–Kier alpha value is -1.59. The second-order valence-corrected chi connectivity index (χ2v) is 7.42. The number of rotatable bonds is 6. The minimum atomic E-state index is 0.885. The first-order chi connectivity index (χ1) is 11.2. The van der Waals surface area contributed by atoms with Crippen LogP contribution in [0.3, 0.4) is 0 Å². The minimum Gasteiger partial charge on any atom is -0.302 e. The Balaban J connectivity index is 1.79. The second-order valence-electron chi connectivity index (χ2n) is 5.48. The maximum absolute atomic E-state index is 4.43. The van der Waals surface area contributed by atoms with Gasteiger partial charge in [-0.25, -0.2) is 0 Å². The third-order valence-corrected chi connectivity index (χ3v) is 5.90. The molecule has 0 bridgehead atoms. The molecule has 3 nitrogen and oxygen atoms in total. The van der Waals surface area contributed by atoms with E-state index < -0.39 is 0 Å². The molecule has 0 N–H and O–H groups in total. The van der Waals surface area contributed by atoms with Crippen LogP contribution in [0.25, 0.3) is 11.4 Å². The number of thioether (sulfide) groups is 1. The lowest BCUT2D eigenvalue weighted by molar-refractivity contribution is 0.687. The van der Waals surface area contributed by atoms with Crippen molar-refractivity contribution in [3.05, 3.63) is 51.7 Å². The van der Waals surface area contributed by atoms with Crippen molar-refractivity contribution < 1.29 is 0 Å². The SMILES string of the molecule is CCc1cc(-c2nnc(SCc3ccc(C)cc3)n2CC)cs1. The molecule has 3 rings (SSSR count). The molecule has 0 aliphatic heterocycles. The molecule has 0 fully saturated rings. The zero-order valence-corrected chi connectivity index (χ0v) is 15.4. The van der Waals surface area contributed by atoms with E-state index in [-0.39, 0.29) is 0 Å². The van der Waals surface area contributed by atoms with Crippen molar-refractivity contribution in [2.75, 3.05) is 0 Å². The lowest BCUT2D eigenvalue weighted by Crippen LogP contribution is -1.99. The van der Waals surface area contributed by atoms with E-state index in [1.807, 2.05) is 0 Å². The molecule has 5 heteroatoms. The lowest BCUT2D eigenvalue weighted by Gasteiger charge is -2.06. The number of hydrogen-bond acceptors (Lipinski definition) is 4. The summed E-state index contributed by atoms with van der Waals surface area (Å²) in [6.07, 6.45) is 1.07. The molecule has 0 radical (unpaired) electrons. The molecule has 0 aliphatic carbocycles. The Kier molecular flexibility index (Phi) is 5.18. The molecule has 2 heterocycles. The Labute approximate surface area is 145 Å². The topological polar surface area (TPSA) is 30.7 Å². The van der Waals surface area contributed by atoms with Crippen molar-refractivity contribution in [3.8, 4) is 11.4 Å². The van der Waals surface area contributed by atoms with Crippen molar-refractivity contribution in [1.29, 1.82) is 0 Å². The normalized spacial score (nSPS) is 11.1. The van der Waals surface area contributed by atoms with Crippen LogP contribution in [0.2, 0.25) is 0 Å². The molecule has 0 unspecified atom stereocenters. The summed E-state index contributed by atoms with van der Waals surface area (Å²) < 4.78 is 2.21. The van der Waals surface area contributed by atoms with Gasteiger partial charge < -0.3 is 4.57 Å². The summed E-state index contributed by atoms with van der Waals surface area (Å²) in [4.78, 5) is 1.39. The molecule has 0 spiro atoms. The van der Waals surface area contributed by atoms with Crippen LogP contribution in [0.4, 0.5) is 0 Å². The van der Waals surface area contributed by atoms with Gasteiger partial charge in [-0.2, -0.15) is 0 Å². The molecular formula is C18H21N3S2. The highest BCUT2D eigenvalue weighted by Gasteiger charge is 2.14. The summed E-state index contributed by atoms with van der Waals surface area (Å²) in [7, 11) is 0. The average molecular weight is 344 g/mol. The van der Waals surface area contributed by atoms with Gasteiger partial charge in [-0.1, -0.05) is 48.5 Å². The van der Waals surface area contributed by atoms with E-state index in [9.17, 15) is 0 Å². The van der Waals surface area contributed by atoms with Crippen LogP contribution in [0.15, 0.2) is 40.9 Å². The first kappa shape index (κ1) is 16.3. The van der Waals surface area contributed by atoms with E-state index in [1.54, 1.807) is 23.1 Å². The zero-order chi connectivity index (χ0) is 16.2. The minimum absolute atomic E-state index is 0.885. The summed E-state index contributed by atoms with van der Waals surface area (Å²) in [5.74, 6) is 1.90. The van der Waals surface area contributed by atoms with Gasteiger partial charge in [0.25, 0.3) is 0 Å². The van der Waals surface area contributed by atoms with Gasteiger partial charge in [0.05, 0.1) is 0 Å². The molecular weight excluding hydrogens is 322 g/mol. The summed E-state index contributed by atoms with van der Waals surface area (Å²) in [6, 6.07) is 10.9. The Morgan fingerprint density at radius 2 is 1.91 bits per heavy atom. The average Bonchev–Trinajstić information content (AvgIpc) is 3.20.